The minimum Gasteiger partial charge on any atom is -0.466 e. The first-order chi connectivity index (χ1) is 12.4. The normalized spacial score (nSPS) is 16.1. The molecule has 0 radical (unpaired) electrons. The molecule has 26 heavy (non-hydrogen) atoms. The average molecular weight is 384 g/mol. The zero-order chi connectivity index (χ0) is 19.2. The fraction of sp³-hybridized carbons (Fsp3) is 0.529. The number of carbonyl (C=O) groups excluding carboxylic acids is 2. The number of benzene rings is 1. The molecule has 1 heterocycles. The predicted molar refractivity (Wildman–Crippen MR) is 95.2 cm³/mol. The number of rotatable bonds is 6. The van der Waals surface area contributed by atoms with Gasteiger partial charge in [0.15, 0.2) is 0 Å². The SMILES string of the molecule is CCOC(=O)Nc1ccc(S(=O)(=O)N2CCC(C(=O)OCC)CC2)cc1. The topological polar surface area (TPSA) is 102 Å². The number of nitrogens with zero attached hydrogens (tertiary/aromatic N) is 1. The molecule has 2 rings (SSSR count). The van der Waals surface area contributed by atoms with Crippen LogP contribution in [-0.2, 0) is 24.3 Å². The van der Waals surface area contributed by atoms with Crippen LogP contribution in [0.1, 0.15) is 26.7 Å². The van der Waals surface area contributed by atoms with E-state index in [0.29, 0.717) is 25.1 Å². The number of esters is 1. The zero-order valence-electron chi connectivity index (χ0n) is 14.9. The highest BCUT2D eigenvalue weighted by atomic mass is 32.2. The van der Waals surface area contributed by atoms with E-state index in [4.69, 9.17) is 9.47 Å². The van der Waals surface area contributed by atoms with Gasteiger partial charge < -0.3 is 9.47 Å². The van der Waals surface area contributed by atoms with E-state index in [1.54, 1.807) is 13.8 Å². The lowest BCUT2D eigenvalue weighted by Crippen LogP contribution is -2.40. The lowest BCUT2D eigenvalue weighted by molar-refractivity contribution is -0.149. The highest BCUT2D eigenvalue weighted by Gasteiger charge is 2.32. The van der Waals surface area contributed by atoms with Crippen LogP contribution in [0.5, 0.6) is 0 Å². The Kier molecular flexibility index (Phi) is 6.98. The van der Waals surface area contributed by atoms with Crippen LogP contribution in [0, 0.1) is 5.92 Å². The highest BCUT2D eigenvalue weighted by molar-refractivity contribution is 7.89. The number of hydrogen-bond acceptors (Lipinski definition) is 6. The second-order valence-corrected chi connectivity index (χ2v) is 7.74. The van der Waals surface area contributed by atoms with Crippen molar-refractivity contribution in [2.24, 2.45) is 5.92 Å². The van der Waals surface area contributed by atoms with Gasteiger partial charge in [-0.15, -0.1) is 0 Å². The van der Waals surface area contributed by atoms with Crippen molar-refractivity contribution in [1.82, 2.24) is 4.31 Å². The third kappa shape index (κ3) is 4.95. The third-order valence-corrected chi connectivity index (χ3v) is 6.00. The molecule has 0 aromatic heterocycles. The Balaban J connectivity index is 2.00. The van der Waals surface area contributed by atoms with E-state index in [0.717, 1.165) is 0 Å². The van der Waals surface area contributed by atoms with E-state index in [1.807, 2.05) is 0 Å². The van der Waals surface area contributed by atoms with Crippen LogP contribution in [0.4, 0.5) is 10.5 Å². The number of sulfonamides is 1. The summed E-state index contributed by atoms with van der Waals surface area (Å²) >= 11 is 0. The van der Waals surface area contributed by atoms with E-state index in [2.05, 4.69) is 5.32 Å². The van der Waals surface area contributed by atoms with Crippen molar-refractivity contribution in [3.63, 3.8) is 0 Å². The molecule has 0 atom stereocenters. The number of amides is 1. The number of anilines is 1. The number of piperidine rings is 1. The van der Waals surface area contributed by atoms with E-state index in [9.17, 15) is 18.0 Å². The summed E-state index contributed by atoms with van der Waals surface area (Å²) in [5.74, 6) is -0.517. The van der Waals surface area contributed by atoms with Gasteiger partial charge in [-0.25, -0.2) is 13.2 Å². The van der Waals surface area contributed by atoms with Gasteiger partial charge in [0.2, 0.25) is 10.0 Å². The zero-order valence-corrected chi connectivity index (χ0v) is 15.8. The van der Waals surface area contributed by atoms with Gasteiger partial charge in [-0.2, -0.15) is 4.31 Å². The summed E-state index contributed by atoms with van der Waals surface area (Å²) < 4.78 is 36.6. The summed E-state index contributed by atoms with van der Waals surface area (Å²) in [5, 5.41) is 2.51. The van der Waals surface area contributed by atoms with Gasteiger partial charge in [-0.05, 0) is 51.0 Å². The summed E-state index contributed by atoms with van der Waals surface area (Å²) in [7, 11) is -3.64. The van der Waals surface area contributed by atoms with Gasteiger partial charge in [-0.3, -0.25) is 10.1 Å². The van der Waals surface area contributed by atoms with Crippen LogP contribution in [-0.4, -0.2) is 51.1 Å². The molecule has 1 aromatic rings. The molecule has 1 fully saturated rings. The first-order valence-electron chi connectivity index (χ1n) is 8.59. The Morgan fingerprint density at radius 3 is 2.19 bits per heavy atom. The molecule has 8 nitrogen and oxygen atoms in total. The van der Waals surface area contributed by atoms with Crippen LogP contribution >= 0.6 is 0 Å². The second kappa shape index (κ2) is 9.00. The molecule has 9 heteroatoms. The lowest BCUT2D eigenvalue weighted by Gasteiger charge is -2.30. The van der Waals surface area contributed by atoms with E-state index in [-0.39, 0.29) is 36.5 Å². The summed E-state index contributed by atoms with van der Waals surface area (Å²) in [6.45, 7) is 4.56. The van der Waals surface area contributed by atoms with Crippen molar-refractivity contribution in [2.75, 3.05) is 31.6 Å². The Labute approximate surface area is 153 Å². The summed E-state index contributed by atoms with van der Waals surface area (Å²) in [5.41, 5.74) is 0.448. The fourth-order valence-electron chi connectivity index (χ4n) is 2.74. The molecule has 1 N–H and O–H groups in total. The molecule has 0 saturated carbocycles. The quantitative estimate of drug-likeness (QED) is 0.755. The molecular weight excluding hydrogens is 360 g/mol. The average Bonchev–Trinajstić information content (AvgIpc) is 2.62. The Morgan fingerprint density at radius 2 is 1.65 bits per heavy atom. The molecule has 0 spiro atoms. The van der Waals surface area contributed by atoms with Crippen molar-refractivity contribution >= 4 is 27.8 Å². The van der Waals surface area contributed by atoms with Gasteiger partial charge in [0.1, 0.15) is 0 Å². The minimum atomic E-state index is -3.64. The Bertz CT molecular complexity index is 724. The standard InChI is InChI=1S/C17H24N2O6S/c1-3-24-16(20)13-9-11-19(12-10-13)26(22,23)15-7-5-14(6-8-15)18-17(21)25-4-2/h5-8,13H,3-4,9-12H2,1-2H3,(H,18,21). The van der Waals surface area contributed by atoms with Crippen LogP contribution in [0.15, 0.2) is 29.2 Å². The molecule has 1 aromatic carbocycles. The van der Waals surface area contributed by atoms with Crippen LogP contribution < -0.4 is 5.32 Å². The van der Waals surface area contributed by atoms with Crippen molar-refractivity contribution < 1.29 is 27.5 Å². The maximum Gasteiger partial charge on any atom is 0.411 e. The number of nitrogens with one attached hydrogen (secondary N) is 1. The largest absolute Gasteiger partial charge is 0.466 e. The summed E-state index contributed by atoms with van der Waals surface area (Å²) in [6.07, 6.45) is 0.297. The van der Waals surface area contributed by atoms with Crippen LogP contribution in [0.25, 0.3) is 0 Å². The van der Waals surface area contributed by atoms with Gasteiger partial charge in [-0.1, -0.05) is 0 Å². The van der Waals surface area contributed by atoms with Crippen LogP contribution in [0.2, 0.25) is 0 Å². The van der Waals surface area contributed by atoms with Gasteiger partial charge in [0.05, 0.1) is 24.0 Å². The molecule has 0 aliphatic carbocycles. The van der Waals surface area contributed by atoms with Crippen molar-refractivity contribution in [2.45, 2.75) is 31.6 Å². The Morgan fingerprint density at radius 1 is 1.08 bits per heavy atom. The maximum atomic E-state index is 12.7. The fourth-order valence-corrected chi connectivity index (χ4v) is 4.21. The smallest absolute Gasteiger partial charge is 0.411 e. The Hall–Kier alpha value is -2.13. The molecule has 0 unspecified atom stereocenters. The lowest BCUT2D eigenvalue weighted by atomic mass is 9.98. The van der Waals surface area contributed by atoms with E-state index >= 15 is 0 Å². The van der Waals surface area contributed by atoms with Crippen molar-refractivity contribution in [3.05, 3.63) is 24.3 Å². The molecule has 0 bridgehead atoms. The maximum absolute atomic E-state index is 12.7. The van der Waals surface area contributed by atoms with Gasteiger partial charge >= 0.3 is 12.1 Å². The van der Waals surface area contributed by atoms with Crippen molar-refractivity contribution in [1.29, 1.82) is 0 Å². The molecule has 1 saturated heterocycles. The number of carbonyl (C=O) groups is 2. The van der Waals surface area contributed by atoms with E-state index in [1.165, 1.54) is 28.6 Å². The van der Waals surface area contributed by atoms with Crippen LogP contribution in [0.3, 0.4) is 0 Å². The molecule has 1 aliphatic heterocycles. The van der Waals surface area contributed by atoms with Crippen molar-refractivity contribution in [3.8, 4) is 0 Å². The predicted octanol–water partition coefficient (Wildman–Crippen LogP) is 2.22. The third-order valence-electron chi connectivity index (χ3n) is 4.09. The highest BCUT2D eigenvalue weighted by Crippen LogP contribution is 2.25. The number of ether oxygens (including phenoxy) is 2. The van der Waals surface area contributed by atoms with E-state index < -0.39 is 16.1 Å². The van der Waals surface area contributed by atoms with Gasteiger partial charge in [0, 0.05) is 18.8 Å². The summed E-state index contributed by atoms with van der Waals surface area (Å²) in [6, 6.07) is 5.90. The second-order valence-electron chi connectivity index (χ2n) is 5.80. The van der Waals surface area contributed by atoms with Gasteiger partial charge in [0.25, 0.3) is 0 Å². The molecule has 144 valence electrons. The monoisotopic (exact) mass is 384 g/mol. The first kappa shape index (κ1) is 20.2. The molecular formula is C17H24N2O6S. The summed E-state index contributed by atoms with van der Waals surface area (Å²) in [4.78, 5) is 23.3. The first-order valence-corrected chi connectivity index (χ1v) is 10.0. The molecule has 1 aliphatic rings. The number of hydrogen-bond donors (Lipinski definition) is 1. The molecule has 1 amide bonds. The minimum absolute atomic E-state index is 0.140.